The van der Waals surface area contributed by atoms with Crippen molar-refractivity contribution in [1.82, 2.24) is 14.6 Å². The van der Waals surface area contributed by atoms with Gasteiger partial charge in [0.05, 0.1) is 25.2 Å². The van der Waals surface area contributed by atoms with E-state index < -0.39 is 17.1 Å². The fourth-order valence-electron chi connectivity index (χ4n) is 4.12. The Morgan fingerprint density at radius 3 is 2.59 bits per heavy atom. The van der Waals surface area contributed by atoms with Crippen LogP contribution in [0.2, 0.25) is 0 Å². The molecule has 0 spiro atoms. The first-order valence-electron chi connectivity index (χ1n) is 12.6. The number of fused-ring (bicyclic) bond motifs is 1. The van der Waals surface area contributed by atoms with Gasteiger partial charge in [-0.05, 0) is 61.4 Å². The standard InChI is InChI=1S/C30H31N3O5S/c1-4-6-24(18-29(34)35)23-8-10-25(11-9-23)38-20-22-7-14-28-31-30(32-33(28)19-22)27-13-12-26(17-21(27)2)37-15-5-16-39(3)36/h7-14,17,19,24H,5,15-16,18,20H2,1-3H3,(H,34,35). The Bertz CT molecular complexity index is 1490. The number of aliphatic carboxylic acids is 1. The lowest BCUT2D eigenvalue weighted by atomic mass is 9.96. The molecule has 2 aromatic heterocycles. The van der Waals surface area contributed by atoms with E-state index in [2.05, 4.69) is 21.9 Å². The van der Waals surface area contributed by atoms with Crippen LogP contribution < -0.4 is 9.47 Å². The monoisotopic (exact) mass is 545 g/mol. The van der Waals surface area contributed by atoms with Gasteiger partial charge in [0.1, 0.15) is 23.9 Å². The van der Waals surface area contributed by atoms with Crippen LogP contribution in [0.1, 0.15) is 42.4 Å². The number of nitrogens with zero attached hydrogens (tertiary/aromatic N) is 3. The highest BCUT2D eigenvalue weighted by molar-refractivity contribution is 7.90. The average molecular weight is 546 g/mol. The van der Waals surface area contributed by atoms with E-state index in [0.717, 1.165) is 40.1 Å². The van der Waals surface area contributed by atoms with Crippen LogP contribution in [0, 0.1) is 18.8 Å². The molecule has 0 saturated heterocycles. The molecule has 4 rings (SSSR count). The number of carboxylic acid groups (broad SMARTS) is 1. The van der Waals surface area contributed by atoms with Crippen molar-refractivity contribution in [1.29, 1.82) is 0 Å². The Morgan fingerprint density at radius 1 is 1.13 bits per heavy atom. The Kier molecular flexibility index (Phi) is 9.47. The molecule has 0 saturated carbocycles. The molecule has 2 heterocycles. The number of carboxylic acids is 1. The number of aryl methyl sites for hydroxylation is 1. The van der Waals surface area contributed by atoms with Gasteiger partial charge < -0.3 is 19.1 Å². The lowest BCUT2D eigenvalue weighted by Gasteiger charge is -2.11. The maximum absolute atomic E-state index is 11.2. The van der Waals surface area contributed by atoms with Crippen LogP contribution in [-0.4, -0.2) is 48.8 Å². The number of rotatable bonds is 12. The van der Waals surface area contributed by atoms with Crippen LogP contribution in [0.3, 0.4) is 0 Å². The number of benzene rings is 2. The number of hydrogen-bond donors (Lipinski definition) is 1. The Balaban J connectivity index is 1.40. The molecule has 0 bridgehead atoms. The third-order valence-electron chi connectivity index (χ3n) is 6.06. The van der Waals surface area contributed by atoms with Gasteiger partial charge in [0.2, 0.25) is 0 Å². The molecular weight excluding hydrogens is 514 g/mol. The molecule has 9 heteroatoms. The molecule has 0 amide bonds. The molecule has 2 atom stereocenters. The largest absolute Gasteiger partial charge is 0.617 e. The van der Waals surface area contributed by atoms with Gasteiger partial charge in [0, 0.05) is 23.7 Å². The minimum atomic E-state index is -0.880. The lowest BCUT2D eigenvalue weighted by Crippen LogP contribution is -2.08. The van der Waals surface area contributed by atoms with Crippen LogP contribution in [0.25, 0.3) is 17.0 Å². The molecule has 202 valence electrons. The SMILES string of the molecule is CC#CC(CC(=O)O)c1ccc(OCc2ccc3nc(-c4ccc(OCCC[S+](C)[O-])cc4C)nn3c2)cc1. The first-order valence-corrected chi connectivity index (χ1v) is 14.3. The predicted molar refractivity (Wildman–Crippen MR) is 151 cm³/mol. The van der Waals surface area contributed by atoms with E-state index >= 15 is 0 Å². The van der Waals surface area contributed by atoms with Crippen LogP contribution in [0.15, 0.2) is 60.8 Å². The number of carbonyl (C=O) groups is 1. The van der Waals surface area contributed by atoms with Gasteiger partial charge in [-0.2, -0.15) is 0 Å². The first-order chi connectivity index (χ1) is 18.8. The minimum absolute atomic E-state index is 0.0401. The van der Waals surface area contributed by atoms with Crippen molar-refractivity contribution >= 4 is 22.8 Å². The summed E-state index contributed by atoms with van der Waals surface area (Å²) in [6.07, 6.45) is 4.30. The van der Waals surface area contributed by atoms with Crippen molar-refractivity contribution in [2.45, 2.75) is 39.2 Å². The van der Waals surface area contributed by atoms with E-state index in [1.807, 2.05) is 67.7 Å². The van der Waals surface area contributed by atoms with Crippen molar-refractivity contribution < 1.29 is 23.9 Å². The molecule has 0 aliphatic rings. The fourth-order valence-corrected chi connectivity index (χ4v) is 4.64. The summed E-state index contributed by atoms with van der Waals surface area (Å²) >= 11 is -0.810. The second-order valence-electron chi connectivity index (χ2n) is 9.13. The summed E-state index contributed by atoms with van der Waals surface area (Å²) in [4.78, 5) is 15.8. The molecule has 2 unspecified atom stereocenters. The normalized spacial score (nSPS) is 12.4. The second kappa shape index (κ2) is 13.2. The Morgan fingerprint density at radius 2 is 1.90 bits per heavy atom. The highest BCUT2D eigenvalue weighted by Gasteiger charge is 2.14. The summed E-state index contributed by atoms with van der Waals surface area (Å²) in [6.45, 7) is 4.57. The van der Waals surface area contributed by atoms with Gasteiger partial charge in [0.15, 0.2) is 11.5 Å². The molecule has 1 N–H and O–H groups in total. The zero-order chi connectivity index (χ0) is 27.8. The molecule has 39 heavy (non-hydrogen) atoms. The van der Waals surface area contributed by atoms with Crippen LogP contribution in [-0.2, 0) is 22.6 Å². The number of hydrogen-bond acceptors (Lipinski definition) is 6. The number of pyridine rings is 1. The average Bonchev–Trinajstić information content (AvgIpc) is 3.33. The quantitative estimate of drug-likeness (QED) is 0.151. The minimum Gasteiger partial charge on any atom is -0.617 e. The van der Waals surface area contributed by atoms with Gasteiger partial charge in [-0.3, -0.25) is 4.79 Å². The molecule has 0 aliphatic carbocycles. The van der Waals surface area contributed by atoms with Gasteiger partial charge in [0.25, 0.3) is 0 Å². The fraction of sp³-hybridized carbons (Fsp3) is 0.300. The predicted octanol–water partition coefficient (Wildman–Crippen LogP) is 5.01. The van der Waals surface area contributed by atoms with E-state index in [4.69, 9.17) is 14.6 Å². The van der Waals surface area contributed by atoms with Crippen LogP contribution in [0.4, 0.5) is 0 Å². The van der Waals surface area contributed by atoms with E-state index in [1.165, 1.54) is 0 Å². The van der Waals surface area contributed by atoms with Crippen molar-refractivity contribution in [2.75, 3.05) is 18.6 Å². The van der Waals surface area contributed by atoms with Crippen molar-refractivity contribution in [3.05, 3.63) is 77.5 Å². The summed E-state index contributed by atoms with van der Waals surface area (Å²) in [5.74, 6) is 7.23. The van der Waals surface area contributed by atoms with Crippen molar-refractivity contribution in [2.24, 2.45) is 0 Å². The highest BCUT2D eigenvalue weighted by Crippen LogP contribution is 2.26. The molecule has 8 nitrogen and oxygen atoms in total. The summed E-state index contributed by atoms with van der Waals surface area (Å²) in [7, 11) is 0. The zero-order valence-electron chi connectivity index (χ0n) is 22.2. The molecule has 4 aromatic rings. The van der Waals surface area contributed by atoms with Crippen LogP contribution >= 0.6 is 0 Å². The summed E-state index contributed by atoms with van der Waals surface area (Å²) in [6, 6.07) is 17.0. The lowest BCUT2D eigenvalue weighted by molar-refractivity contribution is -0.137. The highest BCUT2D eigenvalue weighted by atomic mass is 32.2. The van der Waals surface area contributed by atoms with Gasteiger partial charge in [-0.1, -0.05) is 35.3 Å². The van der Waals surface area contributed by atoms with E-state index in [1.54, 1.807) is 17.7 Å². The van der Waals surface area contributed by atoms with E-state index in [-0.39, 0.29) is 12.3 Å². The maximum atomic E-state index is 11.2. The van der Waals surface area contributed by atoms with Crippen molar-refractivity contribution in [3.63, 3.8) is 0 Å². The van der Waals surface area contributed by atoms with E-state index in [9.17, 15) is 9.35 Å². The van der Waals surface area contributed by atoms with Crippen molar-refractivity contribution in [3.8, 4) is 34.7 Å². The zero-order valence-corrected chi connectivity index (χ0v) is 23.0. The molecule has 0 fully saturated rings. The second-order valence-corrected chi connectivity index (χ2v) is 10.7. The van der Waals surface area contributed by atoms with Crippen LogP contribution in [0.5, 0.6) is 11.5 Å². The third kappa shape index (κ3) is 7.76. The molecular formula is C30H31N3O5S. The summed E-state index contributed by atoms with van der Waals surface area (Å²) in [5.41, 5.74) is 4.43. The Labute approximate surface area is 231 Å². The van der Waals surface area contributed by atoms with Gasteiger partial charge >= 0.3 is 5.97 Å². The summed E-state index contributed by atoms with van der Waals surface area (Å²) in [5, 5.41) is 13.8. The van der Waals surface area contributed by atoms with E-state index in [0.29, 0.717) is 30.5 Å². The Hall–Kier alpha value is -4.00. The molecule has 2 aromatic carbocycles. The smallest absolute Gasteiger partial charge is 0.304 e. The van der Waals surface area contributed by atoms with Gasteiger partial charge in [-0.25, -0.2) is 9.50 Å². The molecule has 0 radical (unpaired) electrons. The number of aromatic nitrogens is 3. The maximum Gasteiger partial charge on any atom is 0.304 e. The van der Waals surface area contributed by atoms with Gasteiger partial charge in [-0.15, -0.1) is 11.0 Å². The summed E-state index contributed by atoms with van der Waals surface area (Å²) < 4.78 is 24.7. The topological polar surface area (TPSA) is 109 Å². The third-order valence-corrected chi connectivity index (χ3v) is 6.92. The number of ether oxygens (including phenoxy) is 2. The molecule has 0 aliphatic heterocycles. The first kappa shape index (κ1) is 28.0.